The number of benzene rings is 1. The number of H-pyrrole nitrogens is 1. The minimum Gasteiger partial charge on any atom is -0.491 e. The SMILES string of the molecule is COc1c(-c2ccc3nc(Nc4cc(C(C)N5CCN(C(=O)OC(C)(C)C)CC5)ccn4)[nH]c3c2)ncnc1N1CCCC1. The highest BCUT2D eigenvalue weighted by atomic mass is 16.6. The molecule has 6 rings (SSSR count). The third-order valence-electron chi connectivity index (χ3n) is 8.18. The van der Waals surface area contributed by atoms with Crippen molar-refractivity contribution >= 4 is 34.7 Å². The lowest BCUT2D eigenvalue weighted by molar-refractivity contribution is 0.0110. The number of aromatic nitrogens is 5. The maximum atomic E-state index is 12.5. The van der Waals surface area contributed by atoms with E-state index >= 15 is 0 Å². The van der Waals surface area contributed by atoms with Crippen LogP contribution in [-0.2, 0) is 4.74 Å². The molecule has 5 heterocycles. The highest BCUT2D eigenvalue weighted by Crippen LogP contribution is 2.37. The Kier molecular flexibility index (Phi) is 8.26. The van der Waals surface area contributed by atoms with E-state index < -0.39 is 5.60 Å². The summed E-state index contributed by atoms with van der Waals surface area (Å²) < 4.78 is 11.4. The van der Waals surface area contributed by atoms with Crippen molar-refractivity contribution in [3.05, 3.63) is 48.4 Å². The largest absolute Gasteiger partial charge is 0.491 e. The van der Waals surface area contributed by atoms with E-state index in [1.807, 2.05) is 51.2 Å². The van der Waals surface area contributed by atoms with Crippen LogP contribution in [0.25, 0.3) is 22.3 Å². The van der Waals surface area contributed by atoms with Crippen molar-refractivity contribution in [3.63, 3.8) is 0 Å². The molecule has 3 aromatic heterocycles. The van der Waals surface area contributed by atoms with Gasteiger partial charge in [0.1, 0.15) is 23.4 Å². The quantitative estimate of drug-likeness (QED) is 0.286. The molecule has 4 aromatic rings. The predicted octanol–water partition coefficient (Wildman–Crippen LogP) is 5.38. The van der Waals surface area contributed by atoms with Crippen molar-refractivity contribution in [2.24, 2.45) is 0 Å². The Labute approximate surface area is 257 Å². The summed E-state index contributed by atoms with van der Waals surface area (Å²) in [7, 11) is 1.67. The van der Waals surface area contributed by atoms with Crippen LogP contribution in [0.15, 0.2) is 42.9 Å². The van der Waals surface area contributed by atoms with Crippen LogP contribution in [0, 0.1) is 0 Å². The molecule has 1 amide bonds. The second-order valence-electron chi connectivity index (χ2n) is 12.4. The summed E-state index contributed by atoms with van der Waals surface area (Å²) in [5.41, 5.74) is 4.03. The van der Waals surface area contributed by atoms with Crippen LogP contribution in [0.5, 0.6) is 5.75 Å². The monoisotopic (exact) mass is 599 g/mol. The summed E-state index contributed by atoms with van der Waals surface area (Å²) in [6, 6.07) is 10.3. The molecule has 1 aromatic carbocycles. The molecule has 232 valence electrons. The summed E-state index contributed by atoms with van der Waals surface area (Å²) in [6.45, 7) is 12.6. The Bertz CT molecular complexity index is 1620. The van der Waals surface area contributed by atoms with Crippen molar-refractivity contribution in [1.29, 1.82) is 0 Å². The molecular formula is C32H41N9O3. The molecule has 2 N–H and O–H groups in total. The van der Waals surface area contributed by atoms with Crippen molar-refractivity contribution < 1.29 is 14.3 Å². The van der Waals surface area contributed by atoms with Crippen LogP contribution < -0.4 is 15.0 Å². The lowest BCUT2D eigenvalue weighted by Crippen LogP contribution is -2.50. The Balaban J connectivity index is 1.14. The number of nitrogens with one attached hydrogen (secondary N) is 2. The normalized spacial score (nSPS) is 16.8. The maximum absolute atomic E-state index is 12.5. The van der Waals surface area contributed by atoms with Gasteiger partial charge < -0.3 is 29.6 Å². The summed E-state index contributed by atoms with van der Waals surface area (Å²) in [5.74, 6) is 2.83. The number of amides is 1. The zero-order valence-electron chi connectivity index (χ0n) is 26.1. The number of hydrogen-bond acceptors (Lipinski definition) is 10. The van der Waals surface area contributed by atoms with Crippen molar-refractivity contribution in [2.75, 3.05) is 56.6 Å². The molecule has 44 heavy (non-hydrogen) atoms. The lowest BCUT2D eigenvalue weighted by Gasteiger charge is -2.38. The predicted molar refractivity (Wildman–Crippen MR) is 170 cm³/mol. The van der Waals surface area contributed by atoms with Gasteiger partial charge in [-0.25, -0.2) is 24.7 Å². The minimum absolute atomic E-state index is 0.158. The van der Waals surface area contributed by atoms with Crippen LogP contribution in [0.1, 0.15) is 52.1 Å². The molecule has 0 radical (unpaired) electrons. The summed E-state index contributed by atoms with van der Waals surface area (Å²) >= 11 is 0. The van der Waals surface area contributed by atoms with E-state index in [0.717, 1.165) is 72.7 Å². The number of carbonyl (C=O) groups is 1. The van der Waals surface area contributed by atoms with Gasteiger partial charge in [-0.15, -0.1) is 0 Å². The Morgan fingerprint density at radius 3 is 2.50 bits per heavy atom. The van der Waals surface area contributed by atoms with Crippen molar-refractivity contribution in [1.82, 2.24) is 34.7 Å². The zero-order valence-corrected chi connectivity index (χ0v) is 26.1. The zero-order chi connectivity index (χ0) is 30.8. The molecule has 2 aliphatic heterocycles. The first kappa shape index (κ1) is 29.6. The standard InChI is InChI=1S/C32H41N9O3/c1-21(39-14-16-41(17-15-39)31(42)44-32(2,3)4)22-10-11-33-26(19-22)38-30-36-24-9-8-23(18-25(24)37-30)27-28(43-5)29(35-20-34-27)40-12-6-7-13-40/h8-11,18-21H,6-7,12-17H2,1-5H3,(H2,33,36,37,38). The molecule has 2 saturated heterocycles. The fourth-order valence-corrected chi connectivity index (χ4v) is 5.85. The summed E-state index contributed by atoms with van der Waals surface area (Å²) in [5, 5.41) is 3.34. The lowest BCUT2D eigenvalue weighted by atomic mass is 10.1. The molecule has 2 fully saturated rings. The summed E-state index contributed by atoms with van der Waals surface area (Å²) in [6.07, 6.45) is 5.48. The van der Waals surface area contributed by atoms with E-state index in [2.05, 4.69) is 48.0 Å². The Morgan fingerprint density at radius 1 is 1.00 bits per heavy atom. The van der Waals surface area contributed by atoms with Crippen LogP contribution in [0.3, 0.4) is 0 Å². The van der Waals surface area contributed by atoms with Gasteiger partial charge >= 0.3 is 6.09 Å². The number of fused-ring (bicyclic) bond motifs is 1. The van der Waals surface area contributed by atoms with E-state index in [0.29, 0.717) is 30.6 Å². The fourth-order valence-electron chi connectivity index (χ4n) is 5.85. The Hall–Kier alpha value is -4.45. The molecule has 0 bridgehead atoms. The molecule has 0 spiro atoms. The average molecular weight is 600 g/mol. The molecular weight excluding hydrogens is 558 g/mol. The summed E-state index contributed by atoms with van der Waals surface area (Å²) in [4.78, 5) is 40.7. The van der Waals surface area contributed by atoms with Crippen LogP contribution >= 0.6 is 0 Å². The number of rotatable bonds is 7. The van der Waals surface area contributed by atoms with Crippen molar-refractivity contribution in [3.8, 4) is 17.0 Å². The van der Waals surface area contributed by atoms with Gasteiger partial charge in [0, 0.05) is 57.1 Å². The second-order valence-corrected chi connectivity index (χ2v) is 12.4. The van der Waals surface area contributed by atoms with Gasteiger partial charge in [-0.2, -0.15) is 0 Å². The first-order valence-electron chi connectivity index (χ1n) is 15.3. The number of nitrogens with zero attached hydrogens (tertiary/aromatic N) is 7. The Morgan fingerprint density at radius 2 is 1.77 bits per heavy atom. The smallest absolute Gasteiger partial charge is 0.410 e. The fraction of sp³-hybridized carbons (Fsp3) is 0.469. The number of aromatic amines is 1. The third-order valence-corrected chi connectivity index (χ3v) is 8.18. The number of carbonyl (C=O) groups excluding carboxylic acids is 1. The average Bonchev–Trinajstić information content (AvgIpc) is 3.69. The van der Waals surface area contributed by atoms with E-state index in [9.17, 15) is 4.79 Å². The van der Waals surface area contributed by atoms with Gasteiger partial charge in [0.05, 0.1) is 18.1 Å². The van der Waals surface area contributed by atoms with Gasteiger partial charge in [-0.1, -0.05) is 6.07 Å². The second kappa shape index (κ2) is 12.3. The van der Waals surface area contributed by atoms with Gasteiger partial charge in [0.25, 0.3) is 0 Å². The van der Waals surface area contributed by atoms with E-state index in [1.54, 1.807) is 18.3 Å². The minimum atomic E-state index is -0.494. The topological polar surface area (TPSA) is 125 Å². The highest BCUT2D eigenvalue weighted by Gasteiger charge is 2.28. The van der Waals surface area contributed by atoms with Gasteiger partial charge in [-0.05, 0) is 70.4 Å². The molecule has 2 aliphatic rings. The van der Waals surface area contributed by atoms with Gasteiger partial charge in [-0.3, -0.25) is 4.90 Å². The molecule has 12 nitrogen and oxygen atoms in total. The number of ether oxygens (including phenoxy) is 2. The molecule has 12 heteroatoms. The molecule has 0 aliphatic carbocycles. The van der Waals surface area contributed by atoms with Crippen molar-refractivity contribution in [2.45, 2.75) is 52.2 Å². The van der Waals surface area contributed by atoms with Gasteiger partial charge in [0.2, 0.25) is 5.95 Å². The molecule has 1 atom stereocenters. The van der Waals surface area contributed by atoms with Crippen LogP contribution in [-0.4, -0.2) is 92.8 Å². The maximum Gasteiger partial charge on any atom is 0.410 e. The van der Waals surface area contributed by atoms with E-state index in [4.69, 9.17) is 14.5 Å². The number of imidazole rings is 1. The first-order valence-corrected chi connectivity index (χ1v) is 15.3. The van der Waals surface area contributed by atoms with E-state index in [1.165, 1.54) is 0 Å². The number of piperazine rings is 1. The highest BCUT2D eigenvalue weighted by molar-refractivity contribution is 5.85. The molecule has 0 saturated carbocycles. The van der Waals surface area contributed by atoms with Gasteiger partial charge in [0.15, 0.2) is 11.6 Å². The number of pyridine rings is 1. The number of hydrogen-bond donors (Lipinski definition) is 2. The van der Waals surface area contributed by atoms with Crippen LogP contribution in [0.2, 0.25) is 0 Å². The number of methoxy groups -OCH3 is 1. The van der Waals surface area contributed by atoms with Crippen LogP contribution in [0.4, 0.5) is 22.4 Å². The first-order chi connectivity index (χ1) is 21.2. The third kappa shape index (κ3) is 6.40. The van der Waals surface area contributed by atoms with E-state index in [-0.39, 0.29) is 12.1 Å². The molecule has 1 unspecified atom stereocenters. The number of anilines is 3.